The molecule has 5 aliphatic rings. The summed E-state index contributed by atoms with van der Waals surface area (Å²) in [6, 6.07) is 1.44. The Morgan fingerprint density at radius 2 is 0.827 bits per heavy atom. The molecule has 55 heteroatoms. The molecule has 0 bridgehead atoms. The number of aryl methyl sites for hydroxylation is 2. The van der Waals surface area contributed by atoms with Crippen molar-refractivity contribution in [2.24, 2.45) is 17.6 Å². The van der Waals surface area contributed by atoms with Gasteiger partial charge in [0.2, 0.25) is 11.9 Å². The summed E-state index contributed by atoms with van der Waals surface area (Å²) in [7, 11) is 0. The van der Waals surface area contributed by atoms with Gasteiger partial charge in [0.05, 0.1) is 57.9 Å². The average molecular weight is 1740 g/mol. The Kier molecular flexibility index (Phi) is 25.8. The summed E-state index contributed by atoms with van der Waals surface area (Å²) in [4.78, 5) is 120. The molecule has 12 rings (SSSR count). The van der Waals surface area contributed by atoms with Gasteiger partial charge in [0, 0.05) is 61.9 Å². The van der Waals surface area contributed by atoms with E-state index in [1.165, 1.54) is 71.8 Å². The number of fused-ring (bicyclic) bond motifs is 2. The van der Waals surface area contributed by atoms with Crippen LogP contribution >= 0.6 is 95.2 Å². The van der Waals surface area contributed by atoms with Gasteiger partial charge in [0.15, 0.2) is 22.3 Å². The van der Waals surface area contributed by atoms with Crippen molar-refractivity contribution in [3.8, 4) is 0 Å². The maximum Gasteiger partial charge on any atom is 0.386 e. The fraction of sp³-hybridized carbons (Fsp3) is 0.600. The second kappa shape index (κ2) is 33.8. The van der Waals surface area contributed by atoms with Crippen LogP contribution in [0.5, 0.6) is 0 Å². The Bertz CT molecular complexity index is 5300. The molecule has 21 atom stereocenters. The average Bonchev–Trinajstić information content (AvgIpc) is 1.63. The van der Waals surface area contributed by atoms with Crippen molar-refractivity contribution in [1.29, 1.82) is 0 Å². The molecule has 45 nitrogen and oxygen atoms in total. The van der Waals surface area contributed by atoms with Crippen molar-refractivity contribution in [2.75, 3.05) is 56.8 Å². The SMILES string of the molecule is Cc1cn([C@H]2CC(OP(=O)(S)OC[C@H]3O[C@@H](n4cnc5c(=O)[nH]c(N)nc54)CC3OP(=O)(S)OC[C@H]3O[C@@H](n4cc(C)c(=O)[nH]c4=O)CC3OP(=O)(S)OC[C@H]3O[C@@H](n4ccc(N)nc4=O)CC3C(C)C)[C@@H](COP(=O)(S)OC3C[C@H](n4cnc5c(=O)[nH]c(N)nc54)O[C@@H]3COP(=O)(S)OC(C)CN)O2)c(=O)[nH]c1=O. The summed E-state index contributed by atoms with van der Waals surface area (Å²) >= 11 is 21.2. The molecule has 7 aromatic heterocycles. The van der Waals surface area contributed by atoms with Crippen LogP contribution in [0.4, 0.5) is 17.7 Å². The monoisotopic (exact) mass is 1740 g/mol. The molecule has 12 heterocycles. The lowest BCUT2D eigenvalue weighted by Crippen LogP contribution is -2.33. The molecule has 604 valence electrons. The van der Waals surface area contributed by atoms with E-state index >= 15 is 0 Å². The lowest BCUT2D eigenvalue weighted by molar-refractivity contribution is -0.0523. The summed E-state index contributed by atoms with van der Waals surface area (Å²) in [5.74, 6) is -0.842. The fourth-order valence-corrected chi connectivity index (χ4v) is 20.5. The Hall–Kier alpha value is -5.40. The van der Waals surface area contributed by atoms with E-state index in [2.05, 4.69) is 106 Å². The predicted molar refractivity (Wildman–Crippen MR) is 403 cm³/mol. The molecule has 0 radical (unpaired) electrons. The van der Waals surface area contributed by atoms with Crippen molar-refractivity contribution in [3.05, 3.63) is 121 Å². The highest BCUT2D eigenvalue weighted by Crippen LogP contribution is 2.62. The number of anilines is 3. The van der Waals surface area contributed by atoms with E-state index in [9.17, 15) is 56.4 Å². The molecule has 0 spiro atoms. The Balaban J connectivity index is 0.758. The molecule has 7 aromatic rings. The fourth-order valence-electron chi connectivity index (χ4n) is 12.8. The van der Waals surface area contributed by atoms with Crippen LogP contribution in [0.1, 0.15) is 95.1 Å². The molecular weight excluding hydrogens is 1660 g/mol. The zero-order valence-corrected chi connectivity index (χ0v) is 67.3. The third kappa shape index (κ3) is 19.9. The molecule has 110 heavy (non-hydrogen) atoms. The highest BCUT2D eigenvalue weighted by molar-refractivity contribution is 8.45. The van der Waals surface area contributed by atoms with Crippen LogP contribution in [0.2, 0.25) is 0 Å². The van der Waals surface area contributed by atoms with Crippen LogP contribution in [0.3, 0.4) is 0 Å². The van der Waals surface area contributed by atoms with E-state index in [1.54, 1.807) is 0 Å². The third-order valence-electron chi connectivity index (χ3n) is 18.2. The van der Waals surface area contributed by atoms with Crippen LogP contribution in [-0.4, -0.2) is 168 Å². The van der Waals surface area contributed by atoms with Crippen molar-refractivity contribution in [3.63, 3.8) is 0 Å². The van der Waals surface area contributed by atoms with E-state index < -0.39 is 192 Å². The second-order valence-electron chi connectivity index (χ2n) is 26.3. The predicted octanol–water partition coefficient (Wildman–Crippen LogP) is 3.86. The quantitative estimate of drug-likeness (QED) is 0.0210. The first-order chi connectivity index (χ1) is 51.7. The number of rotatable bonds is 32. The van der Waals surface area contributed by atoms with Crippen molar-refractivity contribution < 1.29 is 91.7 Å². The number of hydrogen-bond acceptors (Lipinski definition) is 36. The van der Waals surface area contributed by atoms with Gasteiger partial charge in [-0.25, -0.2) is 47.2 Å². The minimum Gasteiger partial charge on any atom is -0.383 e. The number of nitrogen functional groups attached to an aromatic ring is 3. The number of aromatic nitrogens is 14. The summed E-state index contributed by atoms with van der Waals surface area (Å²) in [5, 5.41) is 0. The molecule has 5 saturated heterocycles. The Morgan fingerprint density at radius 1 is 0.482 bits per heavy atom. The second-order valence-corrected chi connectivity index (χ2v) is 40.7. The number of thiol groups is 5. The van der Waals surface area contributed by atoms with Crippen LogP contribution in [0, 0.1) is 25.7 Å². The zero-order valence-electron chi connectivity index (χ0n) is 58.3. The van der Waals surface area contributed by atoms with Crippen LogP contribution < -0.4 is 62.2 Å². The van der Waals surface area contributed by atoms with Crippen molar-refractivity contribution in [2.45, 2.75) is 159 Å². The van der Waals surface area contributed by atoms with Gasteiger partial charge in [-0.3, -0.25) is 107 Å². The lowest BCUT2D eigenvalue weighted by Gasteiger charge is -2.27. The van der Waals surface area contributed by atoms with E-state index in [4.69, 9.17) is 91.9 Å². The minimum atomic E-state index is -4.82. The molecule has 11 unspecified atom stereocenters. The molecule has 0 amide bonds. The van der Waals surface area contributed by atoms with Crippen LogP contribution in [-0.2, 0) is 91.7 Å². The third-order valence-corrected chi connectivity index (χ3v) is 26.5. The van der Waals surface area contributed by atoms with Gasteiger partial charge in [0.1, 0.15) is 85.8 Å². The largest absolute Gasteiger partial charge is 0.386 e. The maximum atomic E-state index is 14.8. The first-order valence-corrected chi connectivity index (χ1v) is 46.9. The Labute approximate surface area is 645 Å². The highest BCUT2D eigenvalue weighted by Gasteiger charge is 2.50. The van der Waals surface area contributed by atoms with Gasteiger partial charge in [0.25, 0.3) is 22.2 Å². The number of imidazole rings is 2. The molecule has 0 saturated carbocycles. The molecular formula is C55H77N18O27P5S5. The van der Waals surface area contributed by atoms with Gasteiger partial charge >= 0.3 is 51.1 Å². The first-order valence-electron chi connectivity index (χ1n) is 33.4. The molecule has 0 aromatic carbocycles. The van der Waals surface area contributed by atoms with Gasteiger partial charge in [-0.2, -0.15) is 15.0 Å². The topological polar surface area (TPSA) is 600 Å². The standard InChI is InChI=1S/C55H77N18O27P5S5/c1-23(2)27-8-38(69-7-6-37(57)62-53(69)78)91-32(27)16-86-102(82,107)97-28-9-39(70-14-24(3)47(74)67-54(70)79)92-33(28)18-88-105(85,110)100-31-12-42(73-22-61-44-46(73)64-52(59)66-50(44)77)95-36(31)20-90-103(83,108)98-29-10-40(71-15-25(4)48(75)68-55(71)80)93-34(29)19-89-104(84,109)99-30-11-41(72-21-60-43-45(72)63-51(58)65-49(43)76)94-35(30)17-87-101(81,106)96-26(5)13-56/h6-7,14-15,21-23,26-36,38-42H,8-13,16-20,56H2,1-5H3,(H,81,106)(H,82,107)(H,83,108)(H,84,109)(H,85,110)(H2,57,62,78)(H,67,74,79)(H,68,75,80)(H3,58,63,65,76)(H3,59,64,66,77)/t26?,27?,28?,29?,30?,31?,32-,33-,34-,35-,36-,38-,39-,40-,41-,42-,101?,102?,103?,104?,105?/m1/s1. The zero-order chi connectivity index (χ0) is 79.4. The van der Waals surface area contributed by atoms with Gasteiger partial charge in [-0.05, 0) is 45.1 Å². The van der Waals surface area contributed by atoms with Crippen molar-refractivity contribution >= 4 is 135 Å². The number of nitrogens with zero attached hydrogens (tertiary/aromatic N) is 10. The van der Waals surface area contributed by atoms with Gasteiger partial charge in [-0.15, -0.1) is 0 Å². The number of nitrogens with two attached hydrogens (primary N) is 4. The summed E-state index contributed by atoms with van der Waals surface area (Å²) < 4.78 is 168. The van der Waals surface area contributed by atoms with Crippen LogP contribution in [0.15, 0.2) is 70.9 Å². The Morgan fingerprint density at radius 3 is 1.19 bits per heavy atom. The molecule has 5 fully saturated rings. The maximum absolute atomic E-state index is 14.8. The molecule has 12 N–H and O–H groups in total. The molecule has 5 aliphatic heterocycles. The van der Waals surface area contributed by atoms with E-state index in [0.29, 0.717) is 6.42 Å². The van der Waals surface area contributed by atoms with E-state index in [0.717, 1.165) is 9.13 Å². The molecule has 0 aliphatic carbocycles. The van der Waals surface area contributed by atoms with Gasteiger partial charge in [-0.1, -0.05) is 75.1 Å². The summed E-state index contributed by atoms with van der Waals surface area (Å²) in [5.41, 5.74) is 17.6. The van der Waals surface area contributed by atoms with Crippen molar-refractivity contribution in [1.82, 2.24) is 67.7 Å². The van der Waals surface area contributed by atoms with E-state index in [1.807, 2.05) is 13.8 Å². The summed E-state index contributed by atoms with van der Waals surface area (Å²) in [6.45, 7) is -18.1. The first kappa shape index (κ1) is 84.0. The summed E-state index contributed by atoms with van der Waals surface area (Å²) in [6.07, 6.45) is -13.2. The highest BCUT2D eigenvalue weighted by atomic mass is 32.7. The van der Waals surface area contributed by atoms with E-state index in [-0.39, 0.29) is 102 Å². The van der Waals surface area contributed by atoms with Gasteiger partial charge < -0.3 is 46.6 Å². The minimum absolute atomic E-state index is 0.00784. The number of ether oxygens (including phenoxy) is 5. The number of nitrogens with one attached hydrogen (secondary N) is 4. The smallest absolute Gasteiger partial charge is 0.383 e. The number of hydrogen-bond donors (Lipinski definition) is 13. The normalized spacial score (nSPS) is 28.9. The number of aromatic amines is 4. The number of H-pyrrole nitrogens is 4. The lowest BCUT2D eigenvalue weighted by atomic mass is 9.89. The van der Waals surface area contributed by atoms with Crippen LogP contribution in [0.25, 0.3) is 22.3 Å².